The third-order valence-electron chi connectivity index (χ3n) is 6.46. The molecule has 1 saturated heterocycles. The van der Waals surface area contributed by atoms with Gasteiger partial charge in [-0.15, -0.1) is 0 Å². The fourth-order valence-electron chi connectivity index (χ4n) is 4.85. The van der Waals surface area contributed by atoms with Gasteiger partial charge >= 0.3 is 0 Å². The Balaban J connectivity index is 1.46. The number of carbonyl (C=O) groups excluding carboxylic acids is 2. The lowest BCUT2D eigenvalue weighted by Crippen LogP contribution is -2.36. The lowest BCUT2D eigenvalue weighted by atomic mass is 9.86. The summed E-state index contributed by atoms with van der Waals surface area (Å²) in [5.41, 5.74) is 2.09. The largest absolute Gasteiger partial charge is 0.338 e. The highest BCUT2D eigenvalue weighted by Gasteiger charge is 2.33. The third-order valence-corrected chi connectivity index (χ3v) is 6.46. The summed E-state index contributed by atoms with van der Waals surface area (Å²) in [6, 6.07) is 0.0252. The molecule has 1 aromatic heterocycles. The first-order valence-corrected chi connectivity index (χ1v) is 10.5. The fourth-order valence-corrected chi connectivity index (χ4v) is 4.85. The number of hydrogen-bond donors (Lipinski definition) is 0. The second-order valence-electron chi connectivity index (χ2n) is 8.34. The SMILES string of the molecule is CC(=O)N1CCc2nc(C3CCCN3C(=O)CC3CCCCC3)ncc2C1. The maximum atomic E-state index is 12.9. The molecular formula is C21H30N4O2. The summed E-state index contributed by atoms with van der Waals surface area (Å²) in [5, 5.41) is 0. The zero-order chi connectivity index (χ0) is 18.8. The molecule has 27 heavy (non-hydrogen) atoms. The van der Waals surface area contributed by atoms with Gasteiger partial charge in [0, 0.05) is 51.2 Å². The molecule has 1 aliphatic carbocycles. The van der Waals surface area contributed by atoms with E-state index in [-0.39, 0.29) is 17.9 Å². The van der Waals surface area contributed by atoms with Gasteiger partial charge in [0.25, 0.3) is 0 Å². The van der Waals surface area contributed by atoms with Crippen molar-refractivity contribution in [1.29, 1.82) is 0 Å². The zero-order valence-corrected chi connectivity index (χ0v) is 16.3. The Morgan fingerprint density at radius 1 is 1.11 bits per heavy atom. The highest BCUT2D eigenvalue weighted by Crippen LogP contribution is 2.34. The number of nitrogens with zero attached hydrogens (tertiary/aromatic N) is 4. The quantitative estimate of drug-likeness (QED) is 0.820. The van der Waals surface area contributed by atoms with E-state index in [0.717, 1.165) is 42.9 Å². The average molecular weight is 370 g/mol. The van der Waals surface area contributed by atoms with E-state index in [9.17, 15) is 9.59 Å². The molecule has 6 heteroatoms. The predicted molar refractivity (Wildman–Crippen MR) is 102 cm³/mol. The Kier molecular flexibility index (Phi) is 5.41. The van der Waals surface area contributed by atoms with Crippen LogP contribution in [0.1, 0.15) is 81.4 Å². The molecule has 0 N–H and O–H groups in total. The van der Waals surface area contributed by atoms with E-state index in [1.807, 2.05) is 16.0 Å². The number of fused-ring (bicyclic) bond motifs is 1. The highest BCUT2D eigenvalue weighted by molar-refractivity contribution is 5.77. The molecule has 3 heterocycles. The van der Waals surface area contributed by atoms with Gasteiger partial charge in [-0.25, -0.2) is 9.97 Å². The summed E-state index contributed by atoms with van der Waals surface area (Å²) in [7, 11) is 0. The van der Waals surface area contributed by atoms with Crippen LogP contribution in [0.3, 0.4) is 0 Å². The number of rotatable bonds is 3. The summed E-state index contributed by atoms with van der Waals surface area (Å²) in [6.45, 7) is 3.75. The molecule has 146 valence electrons. The van der Waals surface area contributed by atoms with E-state index in [1.54, 1.807) is 6.92 Å². The monoisotopic (exact) mass is 370 g/mol. The normalized spacial score (nSPS) is 23.4. The number of likely N-dealkylation sites (tertiary alicyclic amines) is 1. The Hall–Kier alpha value is -1.98. The lowest BCUT2D eigenvalue weighted by Gasteiger charge is -2.29. The zero-order valence-electron chi connectivity index (χ0n) is 16.3. The van der Waals surface area contributed by atoms with Crippen molar-refractivity contribution in [2.45, 2.75) is 77.3 Å². The molecule has 2 amide bonds. The molecule has 0 radical (unpaired) electrons. The first-order chi connectivity index (χ1) is 13.1. The number of carbonyl (C=O) groups is 2. The van der Waals surface area contributed by atoms with Gasteiger partial charge in [-0.3, -0.25) is 9.59 Å². The molecule has 0 bridgehead atoms. The topological polar surface area (TPSA) is 66.4 Å². The highest BCUT2D eigenvalue weighted by atomic mass is 16.2. The average Bonchev–Trinajstić information content (AvgIpc) is 3.18. The predicted octanol–water partition coefficient (Wildman–Crippen LogP) is 3.02. The van der Waals surface area contributed by atoms with Crippen molar-refractivity contribution in [2.75, 3.05) is 13.1 Å². The molecular weight excluding hydrogens is 340 g/mol. The molecule has 0 spiro atoms. The first kappa shape index (κ1) is 18.4. The molecule has 1 unspecified atom stereocenters. The van der Waals surface area contributed by atoms with Gasteiger partial charge in [0.1, 0.15) is 0 Å². The Labute approximate surface area is 161 Å². The maximum absolute atomic E-state index is 12.9. The van der Waals surface area contributed by atoms with E-state index in [4.69, 9.17) is 4.98 Å². The molecule has 6 nitrogen and oxygen atoms in total. The van der Waals surface area contributed by atoms with Crippen LogP contribution in [0.2, 0.25) is 0 Å². The van der Waals surface area contributed by atoms with Crippen LogP contribution in [0.5, 0.6) is 0 Å². The second-order valence-corrected chi connectivity index (χ2v) is 8.34. The minimum atomic E-state index is 0.0252. The molecule has 2 aliphatic heterocycles. The number of aromatic nitrogens is 2. The van der Waals surface area contributed by atoms with Crippen molar-refractivity contribution in [1.82, 2.24) is 19.8 Å². The molecule has 4 rings (SSSR count). The number of amides is 2. The van der Waals surface area contributed by atoms with Crippen LogP contribution in [0.25, 0.3) is 0 Å². The van der Waals surface area contributed by atoms with Gasteiger partial charge in [0.05, 0.1) is 11.7 Å². The molecule has 2 fully saturated rings. The van der Waals surface area contributed by atoms with Crippen molar-refractivity contribution in [3.8, 4) is 0 Å². The van der Waals surface area contributed by atoms with Crippen molar-refractivity contribution in [2.24, 2.45) is 5.92 Å². The van der Waals surface area contributed by atoms with Gasteiger partial charge in [-0.05, 0) is 31.6 Å². The Morgan fingerprint density at radius 2 is 1.93 bits per heavy atom. The summed E-state index contributed by atoms with van der Waals surface area (Å²) >= 11 is 0. The van der Waals surface area contributed by atoms with E-state index in [1.165, 1.54) is 32.1 Å². The van der Waals surface area contributed by atoms with Gasteiger partial charge < -0.3 is 9.80 Å². The lowest BCUT2D eigenvalue weighted by molar-refractivity contribution is -0.133. The van der Waals surface area contributed by atoms with Crippen molar-refractivity contribution >= 4 is 11.8 Å². The maximum Gasteiger partial charge on any atom is 0.223 e. The van der Waals surface area contributed by atoms with Gasteiger partial charge in [0.2, 0.25) is 11.8 Å². The van der Waals surface area contributed by atoms with Crippen LogP contribution in [0, 0.1) is 5.92 Å². The second kappa shape index (κ2) is 7.95. The van der Waals surface area contributed by atoms with Gasteiger partial charge in [-0.2, -0.15) is 0 Å². The van der Waals surface area contributed by atoms with Crippen LogP contribution < -0.4 is 0 Å². The van der Waals surface area contributed by atoms with Crippen molar-refractivity contribution in [3.63, 3.8) is 0 Å². The summed E-state index contributed by atoms with van der Waals surface area (Å²) in [6.07, 6.45) is 11.6. The van der Waals surface area contributed by atoms with E-state index >= 15 is 0 Å². The third kappa shape index (κ3) is 3.99. The van der Waals surface area contributed by atoms with E-state index in [2.05, 4.69) is 4.98 Å². The summed E-state index contributed by atoms with van der Waals surface area (Å²) < 4.78 is 0. The molecule has 1 aromatic rings. The standard InChI is InChI=1S/C21H30N4O2/c1-15(26)24-11-9-18-17(14-24)13-22-21(23-18)19-8-5-10-25(19)20(27)12-16-6-3-2-4-7-16/h13,16,19H,2-12,14H2,1H3. The molecule has 1 atom stereocenters. The van der Waals surface area contributed by atoms with Crippen LogP contribution in [-0.2, 0) is 22.6 Å². The molecule has 1 saturated carbocycles. The minimum Gasteiger partial charge on any atom is -0.338 e. The Morgan fingerprint density at radius 3 is 2.70 bits per heavy atom. The first-order valence-electron chi connectivity index (χ1n) is 10.5. The van der Waals surface area contributed by atoms with Gasteiger partial charge in [-0.1, -0.05) is 19.3 Å². The van der Waals surface area contributed by atoms with Gasteiger partial charge in [0.15, 0.2) is 5.82 Å². The summed E-state index contributed by atoms with van der Waals surface area (Å²) in [5.74, 6) is 1.74. The smallest absolute Gasteiger partial charge is 0.223 e. The van der Waals surface area contributed by atoms with Crippen LogP contribution in [0.4, 0.5) is 0 Å². The van der Waals surface area contributed by atoms with Crippen LogP contribution in [0.15, 0.2) is 6.20 Å². The number of hydrogen-bond acceptors (Lipinski definition) is 4. The van der Waals surface area contributed by atoms with Crippen LogP contribution in [-0.4, -0.2) is 44.7 Å². The minimum absolute atomic E-state index is 0.0252. The molecule has 3 aliphatic rings. The van der Waals surface area contributed by atoms with Crippen LogP contribution >= 0.6 is 0 Å². The van der Waals surface area contributed by atoms with E-state index < -0.39 is 0 Å². The molecule has 0 aromatic carbocycles. The summed E-state index contributed by atoms with van der Waals surface area (Å²) in [4.78, 5) is 37.8. The fraction of sp³-hybridized carbons (Fsp3) is 0.714. The van der Waals surface area contributed by atoms with E-state index in [0.29, 0.717) is 25.4 Å². The van der Waals surface area contributed by atoms with Crippen molar-refractivity contribution in [3.05, 3.63) is 23.3 Å². The Bertz CT molecular complexity index is 714. The van der Waals surface area contributed by atoms with Crippen molar-refractivity contribution < 1.29 is 9.59 Å².